The predicted octanol–water partition coefficient (Wildman–Crippen LogP) is 5.85. The second-order valence-corrected chi connectivity index (χ2v) is 6.98. The third-order valence-corrected chi connectivity index (χ3v) is 4.66. The summed E-state index contributed by atoms with van der Waals surface area (Å²) in [6.07, 6.45) is 1.42. The van der Waals surface area contributed by atoms with Crippen molar-refractivity contribution in [2.45, 2.75) is 0 Å². The molecule has 1 amide bonds. The monoisotopic (exact) mass is 431 g/mol. The van der Waals surface area contributed by atoms with Crippen LogP contribution in [0.2, 0.25) is 5.02 Å². The maximum Gasteiger partial charge on any atom is 0.255 e. The molecule has 7 heteroatoms. The molecule has 1 aromatic heterocycles. The van der Waals surface area contributed by atoms with E-state index in [1.165, 1.54) is 6.33 Å². The normalized spacial score (nSPS) is 10.4. The van der Waals surface area contributed by atoms with Crippen molar-refractivity contribution in [2.24, 2.45) is 0 Å². The third kappa shape index (κ3) is 4.99. The highest BCUT2D eigenvalue weighted by Crippen LogP contribution is 2.31. The molecule has 0 spiro atoms. The van der Waals surface area contributed by atoms with Crippen LogP contribution in [0, 0.1) is 0 Å². The smallest absolute Gasteiger partial charge is 0.255 e. The molecule has 0 unspecified atom stereocenters. The number of anilines is 1. The van der Waals surface area contributed by atoms with Gasteiger partial charge in [-0.2, -0.15) is 0 Å². The first-order valence-corrected chi connectivity index (χ1v) is 9.80. The fraction of sp³-hybridized carbons (Fsp3) is 0.0417. The first-order chi connectivity index (χ1) is 15.1. The van der Waals surface area contributed by atoms with Gasteiger partial charge in [0.2, 0.25) is 5.88 Å². The summed E-state index contributed by atoms with van der Waals surface area (Å²) in [6, 6.07) is 23.2. The van der Waals surface area contributed by atoms with E-state index >= 15 is 0 Å². The standard InChI is InChI=1S/C24H18ClN3O3/c1-30-21-10-2-3-11-22(21)31-23-14-20(26-15-27-23)16-6-4-7-17(12-16)24(29)28-19-9-5-8-18(25)13-19/h2-15H,1H3,(H,28,29). The van der Waals surface area contributed by atoms with Crippen LogP contribution in [-0.2, 0) is 0 Å². The molecule has 6 nitrogen and oxygen atoms in total. The Morgan fingerprint density at radius 1 is 0.903 bits per heavy atom. The first kappa shape index (κ1) is 20.4. The topological polar surface area (TPSA) is 73.3 Å². The van der Waals surface area contributed by atoms with E-state index < -0.39 is 0 Å². The predicted molar refractivity (Wildman–Crippen MR) is 120 cm³/mol. The maximum atomic E-state index is 12.7. The lowest BCUT2D eigenvalue weighted by molar-refractivity contribution is 0.102. The molecule has 0 aliphatic carbocycles. The van der Waals surface area contributed by atoms with Crippen LogP contribution < -0.4 is 14.8 Å². The van der Waals surface area contributed by atoms with Crippen LogP contribution in [0.5, 0.6) is 17.4 Å². The molecule has 4 aromatic rings. The Labute approximate surface area is 184 Å². The third-order valence-electron chi connectivity index (χ3n) is 4.43. The number of hydrogen-bond acceptors (Lipinski definition) is 5. The Balaban J connectivity index is 1.56. The van der Waals surface area contributed by atoms with Crippen molar-refractivity contribution in [3.05, 3.63) is 95.8 Å². The second-order valence-electron chi connectivity index (χ2n) is 6.54. The number of methoxy groups -OCH3 is 1. The van der Waals surface area contributed by atoms with E-state index in [0.29, 0.717) is 39.3 Å². The first-order valence-electron chi connectivity index (χ1n) is 9.42. The minimum absolute atomic E-state index is 0.247. The number of para-hydroxylation sites is 2. The number of ether oxygens (including phenoxy) is 2. The molecule has 0 aliphatic rings. The number of rotatable bonds is 6. The summed E-state index contributed by atoms with van der Waals surface area (Å²) < 4.78 is 11.2. The van der Waals surface area contributed by atoms with Gasteiger partial charge in [0.1, 0.15) is 6.33 Å². The van der Waals surface area contributed by atoms with Crippen LogP contribution >= 0.6 is 11.6 Å². The van der Waals surface area contributed by atoms with E-state index in [9.17, 15) is 4.79 Å². The average Bonchev–Trinajstić information content (AvgIpc) is 2.80. The Morgan fingerprint density at radius 2 is 1.71 bits per heavy atom. The number of amides is 1. The molecule has 0 atom stereocenters. The number of halogens is 1. The zero-order chi connectivity index (χ0) is 21.6. The van der Waals surface area contributed by atoms with Crippen LogP contribution in [0.4, 0.5) is 5.69 Å². The Bertz CT molecular complexity index is 1230. The lowest BCUT2D eigenvalue weighted by Crippen LogP contribution is -2.11. The van der Waals surface area contributed by atoms with Crippen molar-refractivity contribution in [1.82, 2.24) is 9.97 Å². The molecule has 3 aromatic carbocycles. The summed E-state index contributed by atoms with van der Waals surface area (Å²) in [5.74, 6) is 1.26. The molecule has 0 radical (unpaired) electrons. The van der Waals surface area contributed by atoms with E-state index in [2.05, 4.69) is 15.3 Å². The Kier molecular flexibility index (Phi) is 6.10. The lowest BCUT2D eigenvalue weighted by Gasteiger charge is -2.10. The minimum Gasteiger partial charge on any atom is -0.493 e. The van der Waals surface area contributed by atoms with Gasteiger partial charge in [0.15, 0.2) is 11.5 Å². The van der Waals surface area contributed by atoms with Crippen molar-refractivity contribution >= 4 is 23.2 Å². The summed E-state index contributed by atoms with van der Waals surface area (Å²) in [6.45, 7) is 0. The summed E-state index contributed by atoms with van der Waals surface area (Å²) in [5, 5.41) is 3.39. The minimum atomic E-state index is -0.247. The van der Waals surface area contributed by atoms with Gasteiger partial charge >= 0.3 is 0 Å². The Morgan fingerprint density at radius 3 is 2.52 bits per heavy atom. The number of nitrogens with zero attached hydrogens (tertiary/aromatic N) is 2. The lowest BCUT2D eigenvalue weighted by atomic mass is 10.1. The fourth-order valence-electron chi connectivity index (χ4n) is 2.96. The van der Waals surface area contributed by atoms with Gasteiger partial charge in [0.25, 0.3) is 5.91 Å². The number of aromatic nitrogens is 2. The molecule has 1 N–H and O–H groups in total. The zero-order valence-corrected chi connectivity index (χ0v) is 17.3. The highest BCUT2D eigenvalue weighted by molar-refractivity contribution is 6.31. The quantitative estimate of drug-likeness (QED) is 0.414. The summed E-state index contributed by atoms with van der Waals surface area (Å²) >= 11 is 5.99. The van der Waals surface area contributed by atoms with Crippen LogP contribution in [0.3, 0.4) is 0 Å². The van der Waals surface area contributed by atoms with Crippen molar-refractivity contribution in [2.75, 3.05) is 12.4 Å². The summed E-state index contributed by atoms with van der Waals surface area (Å²) in [5.41, 5.74) is 2.49. The molecule has 0 bridgehead atoms. The molecular formula is C24H18ClN3O3. The summed E-state index contributed by atoms with van der Waals surface area (Å²) in [4.78, 5) is 21.2. The molecule has 4 rings (SSSR count). The maximum absolute atomic E-state index is 12.7. The Hall–Kier alpha value is -3.90. The van der Waals surface area contributed by atoms with E-state index in [1.807, 2.05) is 18.2 Å². The van der Waals surface area contributed by atoms with E-state index in [0.717, 1.165) is 5.56 Å². The molecule has 31 heavy (non-hydrogen) atoms. The number of nitrogens with one attached hydrogen (secondary N) is 1. The molecule has 154 valence electrons. The second kappa shape index (κ2) is 9.28. The van der Waals surface area contributed by atoms with Crippen molar-refractivity contribution in [1.29, 1.82) is 0 Å². The van der Waals surface area contributed by atoms with Crippen LogP contribution in [0.25, 0.3) is 11.3 Å². The average molecular weight is 432 g/mol. The number of carbonyl (C=O) groups excluding carboxylic acids is 1. The highest BCUT2D eigenvalue weighted by atomic mass is 35.5. The zero-order valence-electron chi connectivity index (χ0n) is 16.6. The molecule has 0 fully saturated rings. The van der Waals surface area contributed by atoms with Gasteiger partial charge in [-0.15, -0.1) is 0 Å². The molecule has 0 saturated carbocycles. The van der Waals surface area contributed by atoms with Crippen LogP contribution in [0.15, 0.2) is 85.2 Å². The van der Waals surface area contributed by atoms with Gasteiger partial charge in [0, 0.05) is 27.9 Å². The van der Waals surface area contributed by atoms with Crippen molar-refractivity contribution < 1.29 is 14.3 Å². The number of benzene rings is 3. The summed E-state index contributed by atoms with van der Waals surface area (Å²) in [7, 11) is 1.58. The largest absolute Gasteiger partial charge is 0.493 e. The number of carbonyl (C=O) groups is 1. The highest BCUT2D eigenvalue weighted by Gasteiger charge is 2.11. The van der Waals surface area contributed by atoms with Gasteiger partial charge in [0.05, 0.1) is 12.8 Å². The van der Waals surface area contributed by atoms with Gasteiger partial charge < -0.3 is 14.8 Å². The molecule has 0 saturated heterocycles. The van der Waals surface area contributed by atoms with Gasteiger partial charge in [-0.25, -0.2) is 9.97 Å². The van der Waals surface area contributed by atoms with Gasteiger partial charge in [-0.1, -0.05) is 41.9 Å². The van der Waals surface area contributed by atoms with E-state index in [-0.39, 0.29) is 5.91 Å². The van der Waals surface area contributed by atoms with Crippen LogP contribution in [0.1, 0.15) is 10.4 Å². The SMILES string of the molecule is COc1ccccc1Oc1cc(-c2cccc(C(=O)Nc3cccc(Cl)c3)c2)ncn1. The molecular weight excluding hydrogens is 414 g/mol. The van der Waals surface area contributed by atoms with Gasteiger partial charge in [-0.3, -0.25) is 4.79 Å². The van der Waals surface area contributed by atoms with Crippen molar-refractivity contribution in [3.8, 4) is 28.6 Å². The van der Waals surface area contributed by atoms with Gasteiger partial charge in [-0.05, 0) is 42.5 Å². The van der Waals surface area contributed by atoms with Crippen molar-refractivity contribution in [3.63, 3.8) is 0 Å². The molecule has 1 heterocycles. The molecule has 0 aliphatic heterocycles. The van der Waals surface area contributed by atoms with Crippen LogP contribution in [-0.4, -0.2) is 23.0 Å². The van der Waals surface area contributed by atoms with E-state index in [1.54, 1.807) is 67.8 Å². The fourth-order valence-corrected chi connectivity index (χ4v) is 3.15. The number of hydrogen-bond donors (Lipinski definition) is 1. The van der Waals surface area contributed by atoms with E-state index in [4.69, 9.17) is 21.1 Å².